The molecule has 5 heteroatoms. The Morgan fingerprint density at radius 3 is 2.50 bits per heavy atom. The number of aliphatic imine (C=N–C) groups is 1. The van der Waals surface area contributed by atoms with E-state index >= 15 is 0 Å². The minimum absolute atomic E-state index is 0. The number of nitrogens with one attached hydrogen (secondary N) is 2. The van der Waals surface area contributed by atoms with E-state index in [1.54, 1.807) is 0 Å². The predicted molar refractivity (Wildman–Crippen MR) is 103 cm³/mol. The van der Waals surface area contributed by atoms with Gasteiger partial charge in [-0.15, -0.1) is 24.0 Å². The topological polar surface area (TPSA) is 56.7 Å². The molecule has 2 rings (SSSR count). The van der Waals surface area contributed by atoms with E-state index in [0.29, 0.717) is 12.5 Å². The largest absolute Gasteiger partial charge is 0.396 e. The third-order valence-corrected chi connectivity index (χ3v) is 4.15. The van der Waals surface area contributed by atoms with E-state index < -0.39 is 0 Å². The molecule has 1 atom stereocenters. The van der Waals surface area contributed by atoms with Crippen LogP contribution in [0.5, 0.6) is 0 Å². The van der Waals surface area contributed by atoms with E-state index in [1.165, 1.54) is 5.56 Å². The van der Waals surface area contributed by atoms with Crippen LogP contribution in [0.4, 0.5) is 0 Å². The predicted octanol–water partition coefficient (Wildman–Crippen LogP) is 2.74. The van der Waals surface area contributed by atoms with Gasteiger partial charge in [0.1, 0.15) is 0 Å². The van der Waals surface area contributed by atoms with Gasteiger partial charge in [-0.3, -0.25) is 4.99 Å². The Kier molecular flexibility index (Phi) is 8.17. The minimum atomic E-state index is 0. The van der Waals surface area contributed by atoms with Crippen molar-refractivity contribution >= 4 is 29.9 Å². The van der Waals surface area contributed by atoms with Gasteiger partial charge in [0, 0.05) is 18.5 Å². The van der Waals surface area contributed by atoms with Crippen LogP contribution in [0.3, 0.4) is 0 Å². The number of rotatable bonds is 7. The Morgan fingerprint density at radius 2 is 1.95 bits per heavy atom. The highest BCUT2D eigenvalue weighted by Crippen LogP contribution is 2.45. The molecule has 0 saturated heterocycles. The summed E-state index contributed by atoms with van der Waals surface area (Å²) < 4.78 is 0. The van der Waals surface area contributed by atoms with Crippen molar-refractivity contribution in [3.63, 3.8) is 0 Å². The van der Waals surface area contributed by atoms with Gasteiger partial charge in [-0.1, -0.05) is 37.3 Å². The average molecular weight is 417 g/mol. The van der Waals surface area contributed by atoms with Gasteiger partial charge in [-0.25, -0.2) is 0 Å². The third kappa shape index (κ3) is 5.76. The fourth-order valence-electron chi connectivity index (χ4n) is 2.28. The molecule has 0 radical (unpaired) electrons. The van der Waals surface area contributed by atoms with Gasteiger partial charge in [-0.2, -0.15) is 0 Å². The van der Waals surface area contributed by atoms with Crippen molar-refractivity contribution < 1.29 is 5.11 Å². The molecule has 0 aliphatic heterocycles. The van der Waals surface area contributed by atoms with Crippen LogP contribution >= 0.6 is 24.0 Å². The molecule has 22 heavy (non-hydrogen) atoms. The lowest BCUT2D eigenvalue weighted by atomic mass is 10.0. The van der Waals surface area contributed by atoms with Crippen molar-refractivity contribution in [2.24, 2.45) is 10.4 Å². The molecule has 1 unspecified atom stereocenters. The maximum Gasteiger partial charge on any atom is 0.191 e. The number of aliphatic hydroxyl groups is 1. The summed E-state index contributed by atoms with van der Waals surface area (Å²) in [6.45, 7) is 6.92. The third-order valence-electron chi connectivity index (χ3n) is 4.15. The summed E-state index contributed by atoms with van der Waals surface area (Å²) in [5, 5.41) is 16.0. The first-order valence-electron chi connectivity index (χ1n) is 7.87. The molecule has 0 amide bonds. The van der Waals surface area contributed by atoms with Gasteiger partial charge < -0.3 is 15.7 Å². The van der Waals surface area contributed by atoms with Crippen LogP contribution in [0.25, 0.3) is 0 Å². The SMILES string of the molecule is CCNC(=NCC1(CO)CC1)NCC(C)c1ccccc1.I. The molecule has 0 heterocycles. The molecule has 1 fully saturated rings. The second-order valence-corrected chi connectivity index (χ2v) is 6.05. The number of aliphatic hydroxyl groups excluding tert-OH is 1. The van der Waals surface area contributed by atoms with Crippen molar-refractivity contribution in [2.45, 2.75) is 32.6 Å². The van der Waals surface area contributed by atoms with Crippen molar-refractivity contribution in [2.75, 3.05) is 26.2 Å². The maximum absolute atomic E-state index is 9.36. The number of hydrogen-bond donors (Lipinski definition) is 3. The number of benzene rings is 1. The molecular weight excluding hydrogens is 389 g/mol. The highest BCUT2D eigenvalue weighted by Gasteiger charge is 2.41. The number of guanidine groups is 1. The molecule has 1 aromatic rings. The molecule has 4 nitrogen and oxygen atoms in total. The van der Waals surface area contributed by atoms with Gasteiger partial charge in [-0.05, 0) is 31.2 Å². The highest BCUT2D eigenvalue weighted by molar-refractivity contribution is 14.0. The fraction of sp³-hybridized carbons (Fsp3) is 0.588. The zero-order valence-corrected chi connectivity index (χ0v) is 15.8. The second-order valence-electron chi connectivity index (χ2n) is 6.05. The first kappa shape index (κ1) is 19.2. The lowest BCUT2D eigenvalue weighted by Gasteiger charge is -2.17. The van der Waals surface area contributed by atoms with E-state index in [-0.39, 0.29) is 36.0 Å². The number of hydrogen-bond acceptors (Lipinski definition) is 2. The van der Waals surface area contributed by atoms with Crippen molar-refractivity contribution in [3.05, 3.63) is 35.9 Å². The monoisotopic (exact) mass is 417 g/mol. The molecular formula is C17H28IN3O. The molecule has 0 aromatic heterocycles. The molecule has 3 N–H and O–H groups in total. The van der Waals surface area contributed by atoms with Crippen LogP contribution in [0.1, 0.15) is 38.2 Å². The summed E-state index contributed by atoms with van der Waals surface area (Å²) in [6.07, 6.45) is 2.18. The van der Waals surface area contributed by atoms with Gasteiger partial charge in [0.05, 0.1) is 13.2 Å². The summed E-state index contributed by atoms with van der Waals surface area (Å²) in [4.78, 5) is 4.62. The van der Waals surface area contributed by atoms with Crippen LogP contribution in [0.15, 0.2) is 35.3 Å². The van der Waals surface area contributed by atoms with E-state index in [2.05, 4.69) is 53.7 Å². The van der Waals surface area contributed by atoms with E-state index in [9.17, 15) is 5.11 Å². The second kappa shape index (κ2) is 9.35. The fourth-order valence-corrected chi connectivity index (χ4v) is 2.28. The first-order chi connectivity index (χ1) is 10.2. The van der Waals surface area contributed by atoms with Gasteiger partial charge in [0.15, 0.2) is 5.96 Å². The van der Waals surface area contributed by atoms with Crippen molar-refractivity contribution in [3.8, 4) is 0 Å². The Bertz CT molecular complexity index is 460. The van der Waals surface area contributed by atoms with E-state index in [1.807, 2.05) is 6.07 Å². The highest BCUT2D eigenvalue weighted by atomic mass is 127. The molecule has 0 spiro atoms. The summed E-state index contributed by atoms with van der Waals surface area (Å²) in [6, 6.07) is 10.5. The van der Waals surface area contributed by atoms with Crippen LogP contribution in [-0.4, -0.2) is 37.3 Å². The smallest absolute Gasteiger partial charge is 0.191 e. The standard InChI is InChI=1S/C17H27N3O.HI/c1-3-18-16(20-12-17(13-21)9-10-17)19-11-14(2)15-7-5-4-6-8-15;/h4-8,14,21H,3,9-13H2,1-2H3,(H2,18,19,20);1H. The maximum atomic E-state index is 9.36. The van der Waals surface area contributed by atoms with Gasteiger partial charge in [0.25, 0.3) is 0 Å². The van der Waals surface area contributed by atoms with Crippen molar-refractivity contribution in [1.29, 1.82) is 0 Å². The molecule has 1 aliphatic rings. The molecule has 1 aromatic carbocycles. The Labute approximate surface area is 150 Å². The zero-order chi connectivity index (χ0) is 15.1. The Morgan fingerprint density at radius 1 is 1.27 bits per heavy atom. The zero-order valence-electron chi connectivity index (χ0n) is 13.5. The van der Waals surface area contributed by atoms with Gasteiger partial charge in [0.2, 0.25) is 0 Å². The molecule has 124 valence electrons. The normalized spacial score (nSPS) is 17.3. The summed E-state index contributed by atoms with van der Waals surface area (Å²) >= 11 is 0. The lowest BCUT2D eigenvalue weighted by molar-refractivity contribution is 0.217. The van der Waals surface area contributed by atoms with Crippen LogP contribution in [0.2, 0.25) is 0 Å². The molecule has 0 bridgehead atoms. The quantitative estimate of drug-likeness (QED) is 0.363. The van der Waals surface area contributed by atoms with Gasteiger partial charge >= 0.3 is 0 Å². The summed E-state index contributed by atoms with van der Waals surface area (Å²) in [7, 11) is 0. The van der Waals surface area contributed by atoms with Crippen LogP contribution in [-0.2, 0) is 0 Å². The molecule has 1 saturated carbocycles. The molecule has 1 aliphatic carbocycles. The summed E-state index contributed by atoms with van der Waals surface area (Å²) in [5.74, 6) is 1.28. The Hall–Kier alpha value is -0.820. The van der Waals surface area contributed by atoms with Crippen LogP contribution in [0, 0.1) is 5.41 Å². The summed E-state index contributed by atoms with van der Waals surface area (Å²) in [5.41, 5.74) is 1.39. The van der Waals surface area contributed by atoms with E-state index in [0.717, 1.165) is 31.9 Å². The van der Waals surface area contributed by atoms with Crippen LogP contribution < -0.4 is 10.6 Å². The lowest BCUT2D eigenvalue weighted by Crippen LogP contribution is -2.39. The van der Waals surface area contributed by atoms with E-state index in [4.69, 9.17) is 0 Å². The average Bonchev–Trinajstić information content (AvgIpc) is 3.31. The number of nitrogens with zero attached hydrogens (tertiary/aromatic N) is 1. The minimum Gasteiger partial charge on any atom is -0.396 e. The number of halogens is 1. The Balaban J connectivity index is 0.00000242. The van der Waals surface area contributed by atoms with Crippen molar-refractivity contribution in [1.82, 2.24) is 10.6 Å². The first-order valence-corrected chi connectivity index (χ1v) is 7.87.